The Kier molecular flexibility index (Phi) is 4.05. The highest BCUT2D eigenvalue weighted by Gasteiger charge is 2.32. The van der Waals surface area contributed by atoms with Crippen LogP contribution in [0.15, 0.2) is 0 Å². The van der Waals surface area contributed by atoms with Gasteiger partial charge in [-0.25, -0.2) is 0 Å². The van der Waals surface area contributed by atoms with Crippen molar-refractivity contribution in [2.24, 2.45) is 11.7 Å². The molecule has 0 aromatic carbocycles. The van der Waals surface area contributed by atoms with Crippen LogP contribution in [0.2, 0.25) is 0 Å². The summed E-state index contributed by atoms with van der Waals surface area (Å²) in [6, 6.07) is 0.226. The molecule has 1 amide bonds. The van der Waals surface area contributed by atoms with Crippen molar-refractivity contribution in [2.45, 2.75) is 45.2 Å². The van der Waals surface area contributed by atoms with E-state index in [1.807, 2.05) is 11.8 Å². The zero-order valence-corrected chi connectivity index (χ0v) is 11.1. The van der Waals surface area contributed by atoms with Crippen molar-refractivity contribution in [1.29, 1.82) is 0 Å². The van der Waals surface area contributed by atoms with Crippen molar-refractivity contribution in [3.05, 3.63) is 0 Å². The first-order chi connectivity index (χ1) is 8.09. The Morgan fingerprint density at radius 1 is 1.29 bits per heavy atom. The number of carbonyl (C=O) groups is 1. The number of hydrogen-bond donors (Lipinski definition) is 1. The van der Waals surface area contributed by atoms with Crippen molar-refractivity contribution >= 4 is 5.91 Å². The molecular weight excluding hydrogens is 214 g/mol. The smallest absolute Gasteiger partial charge is 0.239 e. The fourth-order valence-electron chi connectivity index (χ4n) is 2.84. The summed E-state index contributed by atoms with van der Waals surface area (Å²) in [5.41, 5.74) is 6.09. The van der Waals surface area contributed by atoms with Crippen LogP contribution in [-0.2, 0) is 4.79 Å². The second-order valence-corrected chi connectivity index (χ2v) is 5.63. The molecule has 98 valence electrons. The summed E-state index contributed by atoms with van der Waals surface area (Å²) in [5.74, 6) is 0.879. The van der Waals surface area contributed by atoms with E-state index in [-0.39, 0.29) is 12.1 Å². The molecule has 0 aromatic rings. The third-order valence-electron chi connectivity index (χ3n) is 4.37. The van der Waals surface area contributed by atoms with Crippen molar-refractivity contribution in [3.8, 4) is 0 Å². The molecule has 0 bridgehead atoms. The quantitative estimate of drug-likeness (QED) is 0.770. The van der Waals surface area contributed by atoms with Crippen LogP contribution >= 0.6 is 0 Å². The lowest BCUT2D eigenvalue weighted by Gasteiger charge is -2.39. The fraction of sp³-hybridized carbons (Fsp3) is 0.923. The largest absolute Gasteiger partial charge is 0.341 e. The summed E-state index contributed by atoms with van der Waals surface area (Å²) in [4.78, 5) is 16.5. The molecule has 2 aliphatic rings. The van der Waals surface area contributed by atoms with Crippen LogP contribution in [0.1, 0.15) is 33.1 Å². The van der Waals surface area contributed by atoms with Crippen LogP contribution < -0.4 is 5.73 Å². The van der Waals surface area contributed by atoms with Crippen molar-refractivity contribution in [3.63, 3.8) is 0 Å². The molecule has 0 saturated carbocycles. The van der Waals surface area contributed by atoms with E-state index in [0.29, 0.717) is 11.8 Å². The van der Waals surface area contributed by atoms with E-state index in [9.17, 15) is 4.79 Å². The molecule has 2 fully saturated rings. The van der Waals surface area contributed by atoms with Gasteiger partial charge in [-0.2, -0.15) is 0 Å². The van der Waals surface area contributed by atoms with E-state index in [1.54, 1.807) is 0 Å². The monoisotopic (exact) mass is 239 g/mol. The number of carbonyl (C=O) groups excluding carboxylic acids is 1. The predicted molar refractivity (Wildman–Crippen MR) is 68.6 cm³/mol. The molecule has 2 N–H and O–H groups in total. The molecule has 0 aliphatic carbocycles. The van der Waals surface area contributed by atoms with Gasteiger partial charge in [0.2, 0.25) is 5.91 Å². The third-order valence-corrected chi connectivity index (χ3v) is 4.37. The third kappa shape index (κ3) is 2.80. The van der Waals surface area contributed by atoms with Crippen molar-refractivity contribution in [2.75, 3.05) is 26.2 Å². The molecule has 2 aliphatic heterocycles. The van der Waals surface area contributed by atoms with Gasteiger partial charge in [0.1, 0.15) is 0 Å². The zero-order chi connectivity index (χ0) is 12.4. The number of nitrogens with zero attached hydrogens (tertiary/aromatic N) is 2. The Labute approximate surface area is 104 Å². The number of nitrogens with two attached hydrogens (primary N) is 1. The summed E-state index contributed by atoms with van der Waals surface area (Å²) < 4.78 is 0. The minimum Gasteiger partial charge on any atom is -0.341 e. The van der Waals surface area contributed by atoms with Crippen LogP contribution in [0, 0.1) is 5.92 Å². The van der Waals surface area contributed by atoms with Crippen LogP contribution in [-0.4, -0.2) is 54.0 Å². The van der Waals surface area contributed by atoms with Crippen molar-refractivity contribution in [1.82, 2.24) is 9.80 Å². The Bertz CT molecular complexity index is 276. The highest BCUT2D eigenvalue weighted by molar-refractivity contribution is 5.81. The molecule has 17 heavy (non-hydrogen) atoms. The second kappa shape index (κ2) is 5.36. The van der Waals surface area contributed by atoms with E-state index in [2.05, 4.69) is 11.8 Å². The predicted octanol–water partition coefficient (Wildman–Crippen LogP) is 0.666. The van der Waals surface area contributed by atoms with E-state index in [4.69, 9.17) is 5.73 Å². The molecule has 3 atom stereocenters. The molecule has 0 spiro atoms. The SMILES string of the molecule is CC1CCN(C(C)C(=O)N2CCCC2)CC1N. The standard InChI is InChI=1S/C13H25N3O/c1-10-5-8-16(9-12(10)14)11(2)13(17)15-6-3-4-7-15/h10-12H,3-9,14H2,1-2H3. The minimum atomic E-state index is 0.00616. The molecule has 2 rings (SSSR count). The van der Waals surface area contributed by atoms with Gasteiger partial charge in [-0.05, 0) is 38.6 Å². The molecule has 0 radical (unpaired) electrons. The molecular formula is C13H25N3O. The molecule has 2 heterocycles. The van der Waals surface area contributed by atoms with Gasteiger partial charge >= 0.3 is 0 Å². The Morgan fingerprint density at radius 2 is 1.94 bits per heavy atom. The van der Waals surface area contributed by atoms with Gasteiger partial charge < -0.3 is 10.6 Å². The van der Waals surface area contributed by atoms with Gasteiger partial charge in [0.15, 0.2) is 0 Å². The maximum Gasteiger partial charge on any atom is 0.239 e. The van der Waals surface area contributed by atoms with Gasteiger partial charge in [-0.15, -0.1) is 0 Å². The average molecular weight is 239 g/mol. The molecule has 3 unspecified atom stereocenters. The van der Waals surface area contributed by atoms with Crippen LogP contribution in [0.4, 0.5) is 0 Å². The van der Waals surface area contributed by atoms with Crippen LogP contribution in [0.25, 0.3) is 0 Å². The van der Waals surface area contributed by atoms with Gasteiger partial charge in [-0.3, -0.25) is 9.69 Å². The maximum atomic E-state index is 12.3. The molecule has 4 nitrogen and oxygen atoms in total. The van der Waals surface area contributed by atoms with E-state index < -0.39 is 0 Å². The Hall–Kier alpha value is -0.610. The first-order valence-corrected chi connectivity index (χ1v) is 6.88. The fourth-order valence-corrected chi connectivity index (χ4v) is 2.84. The first-order valence-electron chi connectivity index (χ1n) is 6.88. The summed E-state index contributed by atoms with van der Waals surface area (Å²) in [7, 11) is 0. The van der Waals surface area contributed by atoms with E-state index in [0.717, 1.165) is 45.4 Å². The van der Waals surface area contributed by atoms with Gasteiger partial charge in [0.05, 0.1) is 6.04 Å². The number of rotatable bonds is 2. The van der Waals surface area contributed by atoms with Crippen LogP contribution in [0.3, 0.4) is 0 Å². The Morgan fingerprint density at radius 3 is 2.53 bits per heavy atom. The number of likely N-dealkylation sites (tertiary alicyclic amines) is 2. The summed E-state index contributed by atoms with van der Waals surface area (Å²) >= 11 is 0. The zero-order valence-electron chi connectivity index (χ0n) is 11.1. The topological polar surface area (TPSA) is 49.6 Å². The number of amides is 1. The highest BCUT2D eigenvalue weighted by atomic mass is 16.2. The Balaban J connectivity index is 1.90. The van der Waals surface area contributed by atoms with Crippen LogP contribution in [0.5, 0.6) is 0 Å². The average Bonchev–Trinajstić information content (AvgIpc) is 2.84. The van der Waals surface area contributed by atoms with Gasteiger partial charge in [0, 0.05) is 25.7 Å². The molecule has 2 saturated heterocycles. The lowest BCUT2D eigenvalue weighted by molar-refractivity contribution is -0.136. The maximum absolute atomic E-state index is 12.3. The lowest BCUT2D eigenvalue weighted by atomic mass is 9.93. The molecule has 4 heteroatoms. The minimum absolute atomic E-state index is 0.00616. The summed E-state index contributed by atoms with van der Waals surface area (Å²) in [6.07, 6.45) is 3.43. The molecule has 0 aromatic heterocycles. The van der Waals surface area contributed by atoms with Gasteiger partial charge in [-0.1, -0.05) is 6.92 Å². The lowest BCUT2D eigenvalue weighted by Crippen LogP contribution is -2.54. The second-order valence-electron chi connectivity index (χ2n) is 5.63. The van der Waals surface area contributed by atoms with E-state index >= 15 is 0 Å². The number of piperidine rings is 1. The number of hydrogen-bond acceptors (Lipinski definition) is 3. The van der Waals surface area contributed by atoms with E-state index in [1.165, 1.54) is 0 Å². The first kappa shape index (κ1) is 12.8. The normalized spacial score (nSPS) is 32.8. The summed E-state index contributed by atoms with van der Waals surface area (Å²) in [6.45, 7) is 7.99. The highest BCUT2D eigenvalue weighted by Crippen LogP contribution is 2.19. The van der Waals surface area contributed by atoms with Crippen molar-refractivity contribution < 1.29 is 4.79 Å². The van der Waals surface area contributed by atoms with Gasteiger partial charge in [0.25, 0.3) is 0 Å². The summed E-state index contributed by atoms with van der Waals surface area (Å²) in [5, 5.41) is 0.